The molecule has 0 amide bonds. The molecule has 0 bridgehead atoms. The fourth-order valence-electron chi connectivity index (χ4n) is 1.89. The first-order valence-electron chi connectivity index (χ1n) is 6.32. The van der Waals surface area contributed by atoms with E-state index in [-0.39, 0.29) is 5.82 Å². The lowest BCUT2D eigenvalue weighted by Crippen LogP contribution is -2.12. The Morgan fingerprint density at radius 3 is 2.70 bits per heavy atom. The Bertz CT molecular complexity index is 587. The average molecular weight is 294 g/mol. The van der Waals surface area contributed by atoms with E-state index in [1.54, 1.807) is 18.3 Å². The van der Waals surface area contributed by atoms with Crippen LogP contribution in [0.25, 0.3) is 0 Å². The minimum absolute atomic E-state index is 0.175. The van der Waals surface area contributed by atoms with Gasteiger partial charge in [-0.05, 0) is 37.9 Å². The normalized spacial score (nSPS) is 10.8. The first kappa shape index (κ1) is 14.8. The first-order valence-corrected chi connectivity index (χ1v) is 6.70. The SMILES string of the molecule is CN(C)Cc1ccc(CNc2ccnc(Cl)c2)cc1F. The number of pyridine rings is 1. The van der Waals surface area contributed by atoms with Gasteiger partial charge in [0.05, 0.1) is 0 Å². The highest BCUT2D eigenvalue weighted by Gasteiger charge is 2.05. The van der Waals surface area contributed by atoms with E-state index in [1.165, 1.54) is 0 Å². The van der Waals surface area contributed by atoms with Crippen LogP contribution in [0.15, 0.2) is 36.5 Å². The summed E-state index contributed by atoms with van der Waals surface area (Å²) in [5.41, 5.74) is 2.45. The summed E-state index contributed by atoms with van der Waals surface area (Å²) in [4.78, 5) is 5.85. The first-order chi connectivity index (χ1) is 9.54. The van der Waals surface area contributed by atoms with Crippen molar-refractivity contribution in [2.75, 3.05) is 19.4 Å². The molecule has 0 unspecified atom stereocenters. The van der Waals surface area contributed by atoms with E-state index in [0.717, 1.165) is 11.3 Å². The molecule has 0 aliphatic heterocycles. The van der Waals surface area contributed by atoms with Crippen molar-refractivity contribution in [1.82, 2.24) is 9.88 Å². The van der Waals surface area contributed by atoms with Crippen molar-refractivity contribution < 1.29 is 4.39 Å². The molecule has 0 radical (unpaired) electrons. The van der Waals surface area contributed by atoms with Crippen LogP contribution in [-0.4, -0.2) is 24.0 Å². The molecule has 1 heterocycles. The third-order valence-corrected chi connectivity index (χ3v) is 3.03. The molecule has 5 heteroatoms. The second kappa shape index (κ2) is 6.68. The number of rotatable bonds is 5. The molecule has 1 N–H and O–H groups in total. The maximum absolute atomic E-state index is 13.9. The second-order valence-corrected chi connectivity index (χ2v) is 5.27. The van der Waals surface area contributed by atoms with E-state index in [9.17, 15) is 4.39 Å². The molecule has 0 aliphatic carbocycles. The number of halogens is 2. The van der Waals surface area contributed by atoms with E-state index in [2.05, 4.69) is 10.3 Å². The number of nitrogens with one attached hydrogen (secondary N) is 1. The monoisotopic (exact) mass is 293 g/mol. The van der Waals surface area contributed by atoms with Crippen LogP contribution in [-0.2, 0) is 13.1 Å². The molecule has 106 valence electrons. The lowest BCUT2D eigenvalue weighted by molar-refractivity contribution is 0.392. The number of aromatic nitrogens is 1. The molecule has 2 aromatic rings. The summed E-state index contributed by atoms with van der Waals surface area (Å²) in [6, 6.07) is 8.87. The molecule has 0 spiro atoms. The fraction of sp³-hybridized carbons (Fsp3) is 0.267. The molecule has 0 saturated heterocycles. The van der Waals surface area contributed by atoms with Crippen LogP contribution in [0.5, 0.6) is 0 Å². The standard InChI is InChI=1S/C15H17ClFN3/c1-20(2)10-12-4-3-11(7-14(12)17)9-19-13-5-6-18-15(16)8-13/h3-8H,9-10H2,1-2H3,(H,18,19). The van der Waals surface area contributed by atoms with Gasteiger partial charge in [0.25, 0.3) is 0 Å². The van der Waals surface area contributed by atoms with Crippen molar-refractivity contribution in [2.24, 2.45) is 0 Å². The van der Waals surface area contributed by atoms with Crippen molar-refractivity contribution in [3.8, 4) is 0 Å². The Hall–Kier alpha value is -1.65. The van der Waals surface area contributed by atoms with Gasteiger partial charge in [-0.2, -0.15) is 0 Å². The quantitative estimate of drug-likeness (QED) is 0.855. The smallest absolute Gasteiger partial charge is 0.131 e. The third-order valence-electron chi connectivity index (χ3n) is 2.83. The number of benzene rings is 1. The van der Waals surface area contributed by atoms with Crippen LogP contribution in [0.1, 0.15) is 11.1 Å². The summed E-state index contributed by atoms with van der Waals surface area (Å²) in [6.45, 7) is 1.14. The third kappa shape index (κ3) is 4.18. The maximum atomic E-state index is 13.9. The highest BCUT2D eigenvalue weighted by molar-refractivity contribution is 6.29. The molecule has 0 saturated carbocycles. The van der Waals surface area contributed by atoms with Crippen molar-refractivity contribution in [3.63, 3.8) is 0 Å². The minimum Gasteiger partial charge on any atom is -0.381 e. The number of hydrogen-bond donors (Lipinski definition) is 1. The zero-order chi connectivity index (χ0) is 14.5. The Kier molecular flexibility index (Phi) is 4.93. The van der Waals surface area contributed by atoms with Crippen molar-refractivity contribution in [1.29, 1.82) is 0 Å². The van der Waals surface area contributed by atoms with Crippen LogP contribution in [0.3, 0.4) is 0 Å². The van der Waals surface area contributed by atoms with Crippen LogP contribution in [0, 0.1) is 5.82 Å². The fourth-order valence-corrected chi connectivity index (χ4v) is 2.06. The molecule has 20 heavy (non-hydrogen) atoms. The highest BCUT2D eigenvalue weighted by Crippen LogP contribution is 2.15. The number of hydrogen-bond acceptors (Lipinski definition) is 3. The molecule has 1 aromatic carbocycles. The van der Waals surface area contributed by atoms with Gasteiger partial charge < -0.3 is 10.2 Å². The summed E-state index contributed by atoms with van der Waals surface area (Å²) < 4.78 is 13.9. The van der Waals surface area contributed by atoms with Gasteiger partial charge in [0.2, 0.25) is 0 Å². The minimum atomic E-state index is -0.175. The van der Waals surface area contributed by atoms with Crippen LogP contribution < -0.4 is 5.32 Å². The highest BCUT2D eigenvalue weighted by atomic mass is 35.5. The van der Waals surface area contributed by atoms with E-state index >= 15 is 0 Å². The predicted molar refractivity (Wildman–Crippen MR) is 80.4 cm³/mol. The zero-order valence-corrected chi connectivity index (χ0v) is 12.3. The van der Waals surface area contributed by atoms with Gasteiger partial charge in [0.1, 0.15) is 11.0 Å². The number of nitrogens with zero attached hydrogens (tertiary/aromatic N) is 2. The van der Waals surface area contributed by atoms with Gasteiger partial charge in [0, 0.05) is 30.5 Å². The predicted octanol–water partition coefficient (Wildman–Crippen LogP) is 3.55. The Morgan fingerprint density at radius 2 is 2.05 bits per heavy atom. The van der Waals surface area contributed by atoms with E-state index in [4.69, 9.17) is 11.6 Å². The van der Waals surface area contributed by atoms with Gasteiger partial charge in [-0.3, -0.25) is 0 Å². The van der Waals surface area contributed by atoms with Crippen molar-refractivity contribution in [2.45, 2.75) is 13.1 Å². The summed E-state index contributed by atoms with van der Waals surface area (Å²) in [6.07, 6.45) is 1.63. The average Bonchev–Trinajstić information content (AvgIpc) is 2.39. The largest absolute Gasteiger partial charge is 0.381 e. The Labute approximate surface area is 123 Å². The summed E-state index contributed by atoms with van der Waals surface area (Å²) in [5, 5.41) is 3.62. The van der Waals surface area contributed by atoms with Gasteiger partial charge in [0.15, 0.2) is 0 Å². The Balaban J connectivity index is 2.02. The van der Waals surface area contributed by atoms with Crippen molar-refractivity contribution >= 4 is 17.3 Å². The molecule has 0 aliphatic rings. The van der Waals surface area contributed by atoms with E-state index in [1.807, 2.05) is 37.2 Å². The van der Waals surface area contributed by atoms with Gasteiger partial charge in [-0.15, -0.1) is 0 Å². The van der Waals surface area contributed by atoms with Gasteiger partial charge >= 0.3 is 0 Å². The van der Waals surface area contributed by atoms with E-state index in [0.29, 0.717) is 23.8 Å². The van der Waals surface area contributed by atoms with Gasteiger partial charge in [-0.25, -0.2) is 9.37 Å². The molecule has 3 nitrogen and oxygen atoms in total. The molecule has 2 rings (SSSR count). The summed E-state index contributed by atoms with van der Waals surface area (Å²) >= 11 is 5.81. The van der Waals surface area contributed by atoms with E-state index < -0.39 is 0 Å². The lowest BCUT2D eigenvalue weighted by atomic mass is 10.1. The van der Waals surface area contributed by atoms with Crippen molar-refractivity contribution in [3.05, 3.63) is 58.6 Å². The Morgan fingerprint density at radius 1 is 1.25 bits per heavy atom. The van der Waals surface area contributed by atoms with Crippen LogP contribution in [0.2, 0.25) is 5.15 Å². The van der Waals surface area contributed by atoms with Crippen LogP contribution in [0.4, 0.5) is 10.1 Å². The molecular formula is C15H17ClFN3. The van der Waals surface area contributed by atoms with Gasteiger partial charge in [-0.1, -0.05) is 23.7 Å². The second-order valence-electron chi connectivity index (χ2n) is 4.88. The summed E-state index contributed by atoms with van der Waals surface area (Å²) in [5.74, 6) is -0.175. The lowest BCUT2D eigenvalue weighted by Gasteiger charge is -2.12. The molecule has 0 atom stereocenters. The van der Waals surface area contributed by atoms with Crippen LogP contribution >= 0.6 is 11.6 Å². The molecule has 0 fully saturated rings. The molecular weight excluding hydrogens is 277 g/mol. The number of anilines is 1. The summed E-state index contributed by atoms with van der Waals surface area (Å²) in [7, 11) is 3.84. The zero-order valence-electron chi connectivity index (χ0n) is 11.5. The maximum Gasteiger partial charge on any atom is 0.131 e. The topological polar surface area (TPSA) is 28.2 Å². The molecule has 1 aromatic heterocycles.